The molecule has 2 aromatic rings. The first-order valence-electron chi connectivity index (χ1n) is 8.88. The second kappa shape index (κ2) is 10.5. The highest BCUT2D eigenvalue weighted by Crippen LogP contribution is 2.14. The number of amides is 3. The predicted molar refractivity (Wildman–Crippen MR) is 114 cm³/mol. The molecule has 6 nitrogen and oxygen atoms in total. The van der Waals surface area contributed by atoms with Crippen LogP contribution in [0.5, 0.6) is 0 Å². The smallest absolute Gasteiger partial charge is 0.234 e. The van der Waals surface area contributed by atoms with Crippen molar-refractivity contribution in [1.82, 2.24) is 4.90 Å². The molecule has 0 saturated heterocycles. The van der Waals surface area contributed by atoms with Crippen LogP contribution in [0.15, 0.2) is 48.5 Å². The number of benzene rings is 2. The molecule has 0 fully saturated rings. The highest BCUT2D eigenvalue weighted by Gasteiger charge is 2.08. The molecule has 28 heavy (non-hydrogen) atoms. The number of hydrogen-bond donors (Lipinski definition) is 2. The van der Waals surface area contributed by atoms with Crippen LogP contribution in [0, 0.1) is 6.92 Å². The Bertz CT molecular complexity index is 854. The molecule has 3 amide bonds. The van der Waals surface area contributed by atoms with Crippen LogP contribution in [0.4, 0.5) is 11.4 Å². The molecule has 0 atom stereocenters. The average molecular weight is 400 g/mol. The number of nitrogens with one attached hydrogen (secondary N) is 2. The number of rotatable bonds is 8. The Morgan fingerprint density at radius 3 is 2.07 bits per heavy atom. The Morgan fingerprint density at radius 1 is 0.929 bits per heavy atom. The fourth-order valence-corrected chi connectivity index (χ4v) is 3.10. The fourth-order valence-electron chi connectivity index (χ4n) is 2.49. The number of carbonyl (C=O) groups excluding carboxylic acids is 3. The summed E-state index contributed by atoms with van der Waals surface area (Å²) in [5.74, 6) is 0.0433. The van der Waals surface area contributed by atoms with Gasteiger partial charge >= 0.3 is 0 Å². The van der Waals surface area contributed by atoms with Crippen LogP contribution >= 0.6 is 11.8 Å². The molecule has 0 spiro atoms. The number of hydrogen-bond acceptors (Lipinski definition) is 4. The third kappa shape index (κ3) is 7.44. The van der Waals surface area contributed by atoms with E-state index in [4.69, 9.17) is 0 Å². The summed E-state index contributed by atoms with van der Waals surface area (Å²) in [5.41, 5.74) is 3.42. The first-order valence-corrected chi connectivity index (χ1v) is 10.0. The van der Waals surface area contributed by atoms with Crippen molar-refractivity contribution in [3.63, 3.8) is 0 Å². The van der Waals surface area contributed by atoms with Crippen LogP contribution in [0.1, 0.15) is 18.1 Å². The molecule has 0 saturated carbocycles. The number of anilines is 2. The molecule has 0 heterocycles. The molecule has 0 unspecified atom stereocenters. The highest BCUT2D eigenvalue weighted by atomic mass is 32.2. The van der Waals surface area contributed by atoms with Crippen LogP contribution < -0.4 is 10.6 Å². The summed E-state index contributed by atoms with van der Waals surface area (Å²) < 4.78 is 0. The van der Waals surface area contributed by atoms with Crippen molar-refractivity contribution in [3.8, 4) is 0 Å². The lowest BCUT2D eigenvalue weighted by molar-refractivity contribution is -0.128. The molecule has 0 aromatic heterocycles. The highest BCUT2D eigenvalue weighted by molar-refractivity contribution is 8.00. The average Bonchev–Trinajstić information content (AvgIpc) is 2.61. The quantitative estimate of drug-likeness (QED) is 0.714. The zero-order valence-corrected chi connectivity index (χ0v) is 17.1. The fraction of sp³-hybridized carbons (Fsp3) is 0.286. The van der Waals surface area contributed by atoms with Gasteiger partial charge in [-0.3, -0.25) is 14.4 Å². The minimum Gasteiger partial charge on any atom is -0.342 e. The zero-order chi connectivity index (χ0) is 20.5. The van der Waals surface area contributed by atoms with Crippen molar-refractivity contribution in [3.05, 3.63) is 59.7 Å². The van der Waals surface area contributed by atoms with Gasteiger partial charge in [0.1, 0.15) is 0 Å². The largest absolute Gasteiger partial charge is 0.342 e. The van der Waals surface area contributed by atoms with Gasteiger partial charge in [0.25, 0.3) is 0 Å². The van der Waals surface area contributed by atoms with E-state index in [2.05, 4.69) is 10.6 Å². The molecule has 148 valence electrons. The summed E-state index contributed by atoms with van der Waals surface area (Å²) in [4.78, 5) is 37.0. The Morgan fingerprint density at radius 2 is 1.50 bits per heavy atom. The summed E-state index contributed by atoms with van der Waals surface area (Å²) in [6.45, 7) is 3.95. The topological polar surface area (TPSA) is 78.5 Å². The van der Waals surface area contributed by atoms with Crippen LogP contribution in [-0.4, -0.2) is 41.2 Å². The molecule has 2 rings (SSSR count). The Kier molecular flexibility index (Phi) is 8.07. The maximum absolute atomic E-state index is 12.1. The van der Waals surface area contributed by atoms with Gasteiger partial charge in [0.2, 0.25) is 17.7 Å². The maximum atomic E-state index is 12.1. The van der Waals surface area contributed by atoms with Gasteiger partial charge in [-0.25, -0.2) is 0 Å². The number of aryl methyl sites for hydroxylation is 1. The molecule has 0 radical (unpaired) electrons. The monoisotopic (exact) mass is 399 g/mol. The van der Waals surface area contributed by atoms with Gasteiger partial charge in [0.15, 0.2) is 0 Å². The van der Waals surface area contributed by atoms with Crippen molar-refractivity contribution in [2.75, 3.05) is 29.2 Å². The van der Waals surface area contributed by atoms with E-state index in [9.17, 15) is 14.4 Å². The molecule has 2 aromatic carbocycles. The van der Waals surface area contributed by atoms with Gasteiger partial charge in [-0.2, -0.15) is 0 Å². The molecule has 0 aliphatic rings. The lowest BCUT2D eigenvalue weighted by Crippen LogP contribution is -2.23. The second-order valence-corrected chi connectivity index (χ2v) is 7.52. The van der Waals surface area contributed by atoms with E-state index in [0.29, 0.717) is 12.2 Å². The van der Waals surface area contributed by atoms with Gasteiger partial charge in [0, 0.05) is 31.9 Å². The van der Waals surface area contributed by atoms with E-state index in [-0.39, 0.29) is 29.2 Å². The molecule has 0 aliphatic heterocycles. The lowest BCUT2D eigenvalue weighted by atomic mass is 10.2. The molecular formula is C21H25N3O3S. The maximum Gasteiger partial charge on any atom is 0.234 e. The number of carbonyl (C=O) groups is 3. The summed E-state index contributed by atoms with van der Waals surface area (Å²) in [5, 5.41) is 5.64. The van der Waals surface area contributed by atoms with E-state index < -0.39 is 0 Å². The molecule has 2 N–H and O–H groups in total. The number of thioether (sulfide) groups is 1. The molecule has 7 heteroatoms. The van der Waals surface area contributed by atoms with Crippen molar-refractivity contribution in [2.45, 2.75) is 20.4 Å². The first-order chi connectivity index (χ1) is 13.3. The summed E-state index contributed by atoms with van der Waals surface area (Å²) in [7, 11) is 1.73. The zero-order valence-electron chi connectivity index (χ0n) is 16.3. The van der Waals surface area contributed by atoms with Gasteiger partial charge in [-0.05, 0) is 42.3 Å². The third-order valence-corrected chi connectivity index (χ3v) is 4.87. The SMILES string of the molecule is CC(=O)N(C)Cc1cccc(NC(=O)CSCC(=O)Nc2cccc(C)c2)c1. The second-order valence-electron chi connectivity index (χ2n) is 6.53. The Labute approximate surface area is 169 Å². The molecule has 0 bridgehead atoms. The first kappa shape index (κ1) is 21.5. The van der Waals surface area contributed by atoms with Crippen molar-refractivity contribution >= 4 is 40.9 Å². The number of nitrogens with zero attached hydrogens (tertiary/aromatic N) is 1. The van der Waals surface area contributed by atoms with E-state index in [1.807, 2.05) is 49.4 Å². The van der Waals surface area contributed by atoms with Crippen LogP contribution in [0.2, 0.25) is 0 Å². The summed E-state index contributed by atoms with van der Waals surface area (Å²) in [6.07, 6.45) is 0. The van der Waals surface area contributed by atoms with Crippen molar-refractivity contribution < 1.29 is 14.4 Å². The van der Waals surface area contributed by atoms with Crippen LogP contribution in [0.3, 0.4) is 0 Å². The van der Waals surface area contributed by atoms with E-state index in [0.717, 1.165) is 16.8 Å². The van der Waals surface area contributed by atoms with Gasteiger partial charge < -0.3 is 15.5 Å². The normalized spacial score (nSPS) is 10.2. The minimum absolute atomic E-state index is 0.0187. The summed E-state index contributed by atoms with van der Waals surface area (Å²) in [6, 6.07) is 14.9. The van der Waals surface area contributed by atoms with E-state index >= 15 is 0 Å². The summed E-state index contributed by atoms with van der Waals surface area (Å²) >= 11 is 1.25. The van der Waals surface area contributed by atoms with Crippen LogP contribution in [-0.2, 0) is 20.9 Å². The van der Waals surface area contributed by atoms with Gasteiger partial charge in [0.05, 0.1) is 11.5 Å². The van der Waals surface area contributed by atoms with Crippen molar-refractivity contribution in [1.29, 1.82) is 0 Å². The standard InChI is InChI=1S/C21H25N3O3S/c1-15-6-4-8-18(10-15)22-20(26)13-28-14-21(27)23-19-9-5-7-17(11-19)12-24(3)16(2)25/h4-11H,12-14H2,1-3H3,(H,22,26)(H,23,27). The minimum atomic E-state index is -0.176. The van der Waals surface area contributed by atoms with Crippen LogP contribution in [0.25, 0.3) is 0 Å². The van der Waals surface area contributed by atoms with Gasteiger partial charge in [-0.15, -0.1) is 11.8 Å². The third-order valence-electron chi connectivity index (χ3n) is 3.94. The lowest BCUT2D eigenvalue weighted by Gasteiger charge is -2.15. The van der Waals surface area contributed by atoms with E-state index in [1.165, 1.54) is 18.7 Å². The molecular weight excluding hydrogens is 374 g/mol. The predicted octanol–water partition coefficient (Wildman–Crippen LogP) is 3.28. The van der Waals surface area contributed by atoms with Gasteiger partial charge in [-0.1, -0.05) is 24.3 Å². The Hall–Kier alpha value is -2.80. The van der Waals surface area contributed by atoms with E-state index in [1.54, 1.807) is 18.0 Å². The molecule has 0 aliphatic carbocycles. The Balaban J connectivity index is 1.76. The van der Waals surface area contributed by atoms with Crippen molar-refractivity contribution in [2.24, 2.45) is 0 Å².